The summed E-state index contributed by atoms with van der Waals surface area (Å²) in [6.45, 7) is 4.56. The predicted molar refractivity (Wildman–Crippen MR) is 87.2 cm³/mol. The number of rotatable bonds is 4. The molecule has 1 aromatic rings. The monoisotopic (exact) mass is 322 g/mol. The van der Waals surface area contributed by atoms with Gasteiger partial charge in [0.15, 0.2) is 0 Å². The molecular formula is C17H23ClN2O2. The SMILES string of the molecule is C[C@H](NC(=O)C1(c2ccc(Cl)cc2)CC1)[C@H]1CN(C)CCO1. The molecule has 1 aliphatic carbocycles. The molecule has 1 heterocycles. The number of halogens is 1. The number of hydrogen-bond acceptors (Lipinski definition) is 3. The fourth-order valence-electron chi connectivity index (χ4n) is 3.09. The van der Waals surface area contributed by atoms with Gasteiger partial charge in [0.25, 0.3) is 0 Å². The maximum absolute atomic E-state index is 12.7. The quantitative estimate of drug-likeness (QED) is 0.924. The molecule has 4 nitrogen and oxygen atoms in total. The van der Waals surface area contributed by atoms with Crippen LogP contribution in [0.3, 0.4) is 0 Å². The topological polar surface area (TPSA) is 41.6 Å². The average molecular weight is 323 g/mol. The summed E-state index contributed by atoms with van der Waals surface area (Å²) in [5.41, 5.74) is 0.697. The number of likely N-dealkylation sites (N-methyl/N-ethyl adjacent to an activating group) is 1. The number of carbonyl (C=O) groups excluding carboxylic acids is 1. The largest absolute Gasteiger partial charge is 0.373 e. The first kappa shape index (κ1) is 15.8. The summed E-state index contributed by atoms with van der Waals surface area (Å²) in [5.74, 6) is 0.110. The van der Waals surface area contributed by atoms with Crippen LogP contribution in [0, 0.1) is 0 Å². The van der Waals surface area contributed by atoms with E-state index in [1.54, 1.807) is 0 Å². The number of nitrogens with zero attached hydrogens (tertiary/aromatic N) is 1. The van der Waals surface area contributed by atoms with Crippen molar-refractivity contribution in [3.63, 3.8) is 0 Å². The van der Waals surface area contributed by atoms with E-state index in [4.69, 9.17) is 16.3 Å². The Morgan fingerprint density at radius 2 is 2.09 bits per heavy atom. The highest BCUT2D eigenvalue weighted by molar-refractivity contribution is 6.30. The molecule has 1 amide bonds. The van der Waals surface area contributed by atoms with Crippen molar-refractivity contribution in [3.05, 3.63) is 34.9 Å². The lowest BCUT2D eigenvalue weighted by Crippen LogP contribution is -2.53. The number of amides is 1. The molecule has 0 unspecified atom stereocenters. The van der Waals surface area contributed by atoms with E-state index in [-0.39, 0.29) is 23.5 Å². The molecule has 1 N–H and O–H groups in total. The normalized spacial score (nSPS) is 25.5. The van der Waals surface area contributed by atoms with Gasteiger partial charge in [-0.2, -0.15) is 0 Å². The Balaban J connectivity index is 1.65. The highest BCUT2D eigenvalue weighted by Gasteiger charge is 2.51. The van der Waals surface area contributed by atoms with E-state index in [1.165, 1.54) is 0 Å². The number of nitrogens with one attached hydrogen (secondary N) is 1. The lowest BCUT2D eigenvalue weighted by atomic mass is 9.94. The van der Waals surface area contributed by atoms with Crippen LogP contribution in [-0.4, -0.2) is 49.7 Å². The number of ether oxygens (including phenoxy) is 1. The van der Waals surface area contributed by atoms with Crippen molar-refractivity contribution in [2.45, 2.75) is 37.3 Å². The van der Waals surface area contributed by atoms with Gasteiger partial charge in [0.1, 0.15) is 0 Å². The van der Waals surface area contributed by atoms with Gasteiger partial charge in [0.05, 0.1) is 24.2 Å². The second-order valence-electron chi connectivity index (χ2n) is 6.52. The van der Waals surface area contributed by atoms with Crippen molar-refractivity contribution >= 4 is 17.5 Å². The molecule has 2 aliphatic rings. The maximum atomic E-state index is 12.7. The van der Waals surface area contributed by atoms with Crippen LogP contribution in [0.1, 0.15) is 25.3 Å². The minimum absolute atomic E-state index is 0.0139. The van der Waals surface area contributed by atoms with Crippen LogP contribution in [0.2, 0.25) is 5.02 Å². The van der Waals surface area contributed by atoms with Gasteiger partial charge in [-0.3, -0.25) is 4.79 Å². The van der Waals surface area contributed by atoms with Crippen LogP contribution in [-0.2, 0) is 14.9 Å². The molecular weight excluding hydrogens is 300 g/mol. The fraction of sp³-hybridized carbons (Fsp3) is 0.588. The summed E-state index contributed by atoms with van der Waals surface area (Å²) in [6, 6.07) is 7.65. The molecule has 0 spiro atoms. The number of hydrogen-bond donors (Lipinski definition) is 1. The third-order valence-electron chi connectivity index (χ3n) is 4.79. The van der Waals surface area contributed by atoms with Crippen molar-refractivity contribution in [1.29, 1.82) is 0 Å². The molecule has 3 rings (SSSR count). The van der Waals surface area contributed by atoms with Crippen LogP contribution in [0.25, 0.3) is 0 Å². The molecule has 1 aromatic carbocycles. The lowest BCUT2D eigenvalue weighted by molar-refractivity contribution is -0.126. The Bertz CT molecular complexity index is 542. The van der Waals surface area contributed by atoms with Crippen molar-refractivity contribution in [2.24, 2.45) is 0 Å². The molecule has 0 radical (unpaired) electrons. The molecule has 1 saturated heterocycles. The first-order valence-corrected chi connectivity index (χ1v) is 8.26. The van der Waals surface area contributed by atoms with Crippen molar-refractivity contribution < 1.29 is 9.53 Å². The number of benzene rings is 1. The molecule has 1 aliphatic heterocycles. The van der Waals surface area contributed by atoms with Gasteiger partial charge in [-0.25, -0.2) is 0 Å². The predicted octanol–water partition coefficient (Wildman–Crippen LogP) is 2.21. The van der Waals surface area contributed by atoms with Gasteiger partial charge in [0.2, 0.25) is 5.91 Å². The van der Waals surface area contributed by atoms with Crippen molar-refractivity contribution in [1.82, 2.24) is 10.2 Å². The molecule has 0 aromatic heterocycles. The van der Waals surface area contributed by atoms with Gasteiger partial charge in [-0.05, 0) is 44.5 Å². The molecule has 5 heteroatoms. The van der Waals surface area contributed by atoms with Crippen LogP contribution in [0.5, 0.6) is 0 Å². The summed E-state index contributed by atoms with van der Waals surface area (Å²) in [6.07, 6.45) is 1.86. The molecule has 2 atom stereocenters. The Kier molecular flexibility index (Phi) is 4.44. The van der Waals surface area contributed by atoms with Gasteiger partial charge in [-0.15, -0.1) is 0 Å². The average Bonchev–Trinajstić information content (AvgIpc) is 3.29. The molecule has 2 fully saturated rings. The summed E-state index contributed by atoms with van der Waals surface area (Å²) >= 11 is 5.94. The summed E-state index contributed by atoms with van der Waals surface area (Å²) in [4.78, 5) is 15.0. The molecule has 1 saturated carbocycles. The van der Waals surface area contributed by atoms with E-state index < -0.39 is 0 Å². The Morgan fingerprint density at radius 3 is 2.68 bits per heavy atom. The lowest BCUT2D eigenvalue weighted by Gasteiger charge is -2.34. The van der Waals surface area contributed by atoms with E-state index in [0.29, 0.717) is 5.02 Å². The highest BCUT2D eigenvalue weighted by Crippen LogP contribution is 2.48. The summed E-state index contributed by atoms with van der Waals surface area (Å²) in [7, 11) is 2.08. The van der Waals surface area contributed by atoms with E-state index in [9.17, 15) is 4.79 Å². The Labute approximate surface area is 136 Å². The molecule has 0 bridgehead atoms. The van der Waals surface area contributed by atoms with Crippen molar-refractivity contribution in [3.8, 4) is 0 Å². The van der Waals surface area contributed by atoms with Crippen LogP contribution >= 0.6 is 11.6 Å². The second kappa shape index (κ2) is 6.19. The number of morpholine rings is 1. The van der Waals surface area contributed by atoms with Gasteiger partial charge in [0, 0.05) is 18.1 Å². The molecule has 120 valence electrons. The first-order chi connectivity index (χ1) is 10.5. The van der Waals surface area contributed by atoms with E-state index in [2.05, 4.69) is 17.3 Å². The van der Waals surface area contributed by atoms with Gasteiger partial charge in [-0.1, -0.05) is 23.7 Å². The van der Waals surface area contributed by atoms with E-state index in [0.717, 1.165) is 38.1 Å². The van der Waals surface area contributed by atoms with Gasteiger partial charge < -0.3 is 15.0 Å². The Hall–Kier alpha value is -1.10. The zero-order valence-corrected chi connectivity index (χ0v) is 13.9. The summed E-state index contributed by atoms with van der Waals surface area (Å²) in [5, 5.41) is 3.86. The smallest absolute Gasteiger partial charge is 0.230 e. The zero-order chi connectivity index (χ0) is 15.7. The minimum atomic E-state index is -0.362. The Morgan fingerprint density at radius 1 is 1.41 bits per heavy atom. The van der Waals surface area contributed by atoms with E-state index in [1.807, 2.05) is 31.2 Å². The second-order valence-corrected chi connectivity index (χ2v) is 6.96. The van der Waals surface area contributed by atoms with Crippen LogP contribution in [0.4, 0.5) is 0 Å². The van der Waals surface area contributed by atoms with Gasteiger partial charge >= 0.3 is 0 Å². The zero-order valence-electron chi connectivity index (χ0n) is 13.1. The molecule has 22 heavy (non-hydrogen) atoms. The number of carbonyl (C=O) groups is 1. The summed E-state index contributed by atoms with van der Waals surface area (Å²) < 4.78 is 5.79. The third kappa shape index (κ3) is 3.14. The fourth-order valence-corrected chi connectivity index (χ4v) is 3.22. The standard InChI is InChI=1S/C17H23ClN2O2/c1-12(15-11-20(2)9-10-22-15)19-16(21)17(7-8-17)13-3-5-14(18)6-4-13/h3-6,12,15H,7-11H2,1-2H3,(H,19,21)/t12-,15+/m0/s1. The van der Waals surface area contributed by atoms with E-state index >= 15 is 0 Å². The van der Waals surface area contributed by atoms with Crippen molar-refractivity contribution in [2.75, 3.05) is 26.7 Å². The van der Waals surface area contributed by atoms with Crippen LogP contribution < -0.4 is 5.32 Å². The highest BCUT2D eigenvalue weighted by atomic mass is 35.5. The third-order valence-corrected chi connectivity index (χ3v) is 5.05. The minimum Gasteiger partial charge on any atom is -0.373 e. The van der Waals surface area contributed by atoms with Crippen LogP contribution in [0.15, 0.2) is 24.3 Å². The maximum Gasteiger partial charge on any atom is 0.230 e. The first-order valence-electron chi connectivity index (χ1n) is 7.88.